The van der Waals surface area contributed by atoms with Gasteiger partial charge in [0.15, 0.2) is 0 Å². The van der Waals surface area contributed by atoms with Gasteiger partial charge in [0.1, 0.15) is 20.2 Å². The monoisotopic (exact) mass is 1250 g/mol. The summed E-state index contributed by atoms with van der Waals surface area (Å²) < 4.78 is 92.3. The third-order valence-electron chi connectivity index (χ3n) is 14.0. The molecule has 14 nitrogen and oxygen atoms in total. The van der Waals surface area contributed by atoms with Crippen molar-refractivity contribution < 1.29 is 64.1 Å². The Kier molecular flexibility index (Phi) is 52.2. The van der Waals surface area contributed by atoms with Crippen molar-refractivity contribution in [2.75, 3.05) is 26.4 Å². The Morgan fingerprint density at radius 3 is 0.753 bits per heavy atom. The maximum atomic E-state index is 12.8. The van der Waals surface area contributed by atoms with E-state index in [9.17, 15) is 45.1 Å². The number of ether oxygens (including phenoxy) is 4. The Bertz CT molecular complexity index is 2260. The first-order chi connectivity index (χ1) is 40.6. The van der Waals surface area contributed by atoms with E-state index < -0.39 is 65.0 Å². The third-order valence-corrected chi connectivity index (χ3v) is 15.8. The second-order valence-corrected chi connectivity index (χ2v) is 24.2. The van der Waals surface area contributed by atoms with E-state index in [1.54, 1.807) is 0 Å². The van der Waals surface area contributed by atoms with E-state index in [1.807, 2.05) is 0 Å². The molecular weight excluding hydrogens is 1140 g/mol. The van der Waals surface area contributed by atoms with Crippen molar-refractivity contribution in [2.45, 2.75) is 269 Å². The molecule has 0 radical (unpaired) electrons. The average Bonchev–Trinajstić information content (AvgIpc) is 3.62. The van der Waals surface area contributed by atoms with Crippen LogP contribution >= 0.6 is 0 Å². The second kappa shape index (κ2) is 54.5. The van der Waals surface area contributed by atoms with Crippen molar-refractivity contribution in [2.24, 2.45) is 0 Å². The molecule has 0 heterocycles. The Balaban J connectivity index is 0.00000164. The number of unbranched alkanes of at least 4 members (excludes halogenated alkanes) is 28. The molecule has 0 saturated carbocycles. The average molecular weight is 1250 g/mol. The predicted molar refractivity (Wildman–Crippen MR) is 341 cm³/mol. The van der Waals surface area contributed by atoms with Gasteiger partial charge in [-0.2, -0.15) is 0 Å². The van der Waals surface area contributed by atoms with E-state index in [1.165, 1.54) is 127 Å². The Hall–Kier alpha value is -3.64. The van der Waals surface area contributed by atoms with Crippen LogP contribution < -0.4 is 0 Å². The van der Waals surface area contributed by atoms with Gasteiger partial charge in [-0.25, -0.2) is 36.0 Å². The Labute approximate surface area is 544 Å². The van der Waals surface area contributed by atoms with Crippen LogP contribution in [0.3, 0.4) is 0 Å². The first-order valence-corrected chi connectivity index (χ1v) is 34.9. The summed E-state index contributed by atoms with van der Waals surface area (Å²) in [6, 6.07) is 7.11. The minimum absolute atomic E-state index is 0. The normalized spacial score (nSPS) is 11.7. The fourth-order valence-corrected chi connectivity index (χ4v) is 10.4. The maximum Gasteiger partial charge on any atom is 2.00 e. The molecule has 0 aliphatic heterocycles. The smallest absolute Gasteiger partial charge is 0.744 e. The molecule has 0 aliphatic rings. The number of carbonyl (C=O) groups is 4. The number of benzene rings is 2. The topological polar surface area (TPSA) is 220 Å². The van der Waals surface area contributed by atoms with Crippen molar-refractivity contribution >= 4 is 81.9 Å². The molecule has 0 aromatic heterocycles. The zero-order chi connectivity index (χ0) is 61.8. The number of rotatable bonds is 50. The van der Waals surface area contributed by atoms with E-state index in [0.717, 1.165) is 115 Å². The molecule has 476 valence electrons. The van der Waals surface area contributed by atoms with Gasteiger partial charge in [0, 0.05) is 0 Å². The number of hydrogen-bond acceptors (Lipinski definition) is 14. The molecule has 2 aromatic carbocycles. The van der Waals surface area contributed by atoms with Crippen LogP contribution in [0.15, 0.2) is 94.8 Å². The summed E-state index contributed by atoms with van der Waals surface area (Å²) in [6.45, 7) is 9.20. The molecule has 2 aromatic rings. The van der Waals surface area contributed by atoms with Crippen LogP contribution in [0.4, 0.5) is 0 Å². The van der Waals surface area contributed by atoms with Crippen LogP contribution in [0.25, 0.3) is 0 Å². The minimum Gasteiger partial charge on any atom is -0.744 e. The summed E-state index contributed by atoms with van der Waals surface area (Å²) >= 11 is 0. The zero-order valence-corrected chi connectivity index (χ0v) is 56.4. The van der Waals surface area contributed by atoms with Crippen LogP contribution in [-0.2, 0) is 39.2 Å². The van der Waals surface area contributed by atoms with Gasteiger partial charge >= 0.3 is 61.6 Å². The largest absolute Gasteiger partial charge is 2.00 e. The zero-order valence-electron chi connectivity index (χ0n) is 52.6. The summed E-state index contributed by atoms with van der Waals surface area (Å²) in [5.41, 5.74) is -1.64. The minimum atomic E-state index is -5.01. The summed E-state index contributed by atoms with van der Waals surface area (Å²) in [6.07, 6.45) is 55.6. The van der Waals surface area contributed by atoms with Gasteiger partial charge in [0.2, 0.25) is 0 Å². The van der Waals surface area contributed by atoms with Crippen molar-refractivity contribution in [1.29, 1.82) is 0 Å². The van der Waals surface area contributed by atoms with E-state index in [4.69, 9.17) is 18.9 Å². The molecule has 0 saturated heterocycles. The first kappa shape index (κ1) is 81.4. The van der Waals surface area contributed by atoms with Crippen LogP contribution in [0.2, 0.25) is 0 Å². The van der Waals surface area contributed by atoms with Crippen molar-refractivity contribution in [1.82, 2.24) is 0 Å². The molecule has 0 N–H and O–H groups in total. The molecule has 0 unspecified atom stereocenters. The van der Waals surface area contributed by atoms with Gasteiger partial charge in [0.05, 0.1) is 58.5 Å². The van der Waals surface area contributed by atoms with E-state index in [2.05, 4.69) is 76.3 Å². The standard InChI is InChI=1S/2C34H54O7S.Ca/c2*1-3-5-7-9-11-13-15-17-19-21-23-28-40-33(35)30-26-25-27-31(42(37,38)39)32(30)34(36)41-29-24-22-20-18-16-14-12-10-8-6-4-2;/h2*13-16,25-27H,3-12,17-24,28-29H2,1-2H3,(H,37,38,39);/q;;+2/p-2/b2*15-13+,16-14+;. The van der Waals surface area contributed by atoms with Crippen molar-refractivity contribution in [3.8, 4) is 0 Å². The van der Waals surface area contributed by atoms with Gasteiger partial charge < -0.3 is 28.1 Å². The fraction of sp³-hybridized carbons (Fsp3) is 0.647. The van der Waals surface area contributed by atoms with Crippen LogP contribution in [0.5, 0.6) is 0 Å². The summed E-state index contributed by atoms with van der Waals surface area (Å²) in [7, 11) is -10.0. The molecule has 0 atom stereocenters. The predicted octanol–water partition coefficient (Wildman–Crippen LogP) is 17.8. The van der Waals surface area contributed by atoms with Crippen LogP contribution in [0, 0.1) is 0 Å². The van der Waals surface area contributed by atoms with Crippen LogP contribution in [0.1, 0.15) is 300 Å². The molecule has 0 spiro atoms. The number of allylic oxidation sites excluding steroid dienone is 8. The Morgan fingerprint density at radius 1 is 0.329 bits per heavy atom. The van der Waals surface area contributed by atoms with Gasteiger partial charge in [0.25, 0.3) is 0 Å². The number of esters is 4. The number of hydrogen-bond donors (Lipinski definition) is 0. The van der Waals surface area contributed by atoms with E-state index >= 15 is 0 Å². The summed E-state index contributed by atoms with van der Waals surface area (Å²) in [5, 5.41) is 0. The molecule has 17 heteroatoms. The molecule has 0 aliphatic carbocycles. The number of carbonyl (C=O) groups excluding carboxylic acids is 4. The van der Waals surface area contributed by atoms with Crippen molar-refractivity contribution in [3.05, 3.63) is 107 Å². The Morgan fingerprint density at radius 2 is 0.541 bits per heavy atom. The van der Waals surface area contributed by atoms with E-state index in [-0.39, 0.29) is 75.3 Å². The van der Waals surface area contributed by atoms with Gasteiger partial charge in [-0.05, 0) is 178 Å². The summed E-state index contributed by atoms with van der Waals surface area (Å²) in [4.78, 5) is 49.7. The van der Waals surface area contributed by atoms with E-state index in [0.29, 0.717) is 25.7 Å². The van der Waals surface area contributed by atoms with Gasteiger partial charge in [-0.3, -0.25) is 0 Å². The van der Waals surface area contributed by atoms with Gasteiger partial charge in [-0.1, -0.05) is 165 Å². The molecular formula is C68H106CaO14S2. The molecule has 0 amide bonds. The summed E-state index contributed by atoms with van der Waals surface area (Å²) in [5.74, 6) is -3.71. The second-order valence-electron chi connectivity index (χ2n) is 21.5. The fourth-order valence-electron chi connectivity index (χ4n) is 9.06. The van der Waals surface area contributed by atoms with Gasteiger partial charge in [-0.15, -0.1) is 0 Å². The molecule has 0 fully saturated rings. The van der Waals surface area contributed by atoms with Crippen LogP contribution in [-0.4, -0.2) is 114 Å². The molecule has 0 bridgehead atoms. The third kappa shape index (κ3) is 42.0. The molecule has 2 rings (SSSR count). The molecule has 85 heavy (non-hydrogen) atoms. The van der Waals surface area contributed by atoms with Crippen molar-refractivity contribution in [3.63, 3.8) is 0 Å². The SMILES string of the molecule is CCCCCC/C=C/CCCCCOC(=O)c1cccc(S(=O)(=O)[O-])c1C(=O)OCCCCC/C=C/CCCCCC.CCCCCC/C=C/CCCCCOC(=O)c1cccc(S(=O)(=O)[O-])c1C(=O)OCCCCC/C=C/CCCCCC.[Ca+2]. The maximum absolute atomic E-state index is 12.8. The first-order valence-electron chi connectivity index (χ1n) is 32.1. The quantitative estimate of drug-likeness (QED) is 0.0150.